The summed E-state index contributed by atoms with van der Waals surface area (Å²) in [5.41, 5.74) is 0.815. The highest BCUT2D eigenvalue weighted by Gasteiger charge is 2.37. The predicted octanol–water partition coefficient (Wildman–Crippen LogP) is 2.13. The van der Waals surface area contributed by atoms with Gasteiger partial charge in [-0.05, 0) is 31.7 Å². The molecule has 1 aromatic rings. The van der Waals surface area contributed by atoms with E-state index in [0.29, 0.717) is 12.5 Å². The minimum Gasteiger partial charge on any atom is -0.472 e. The zero-order valence-electron chi connectivity index (χ0n) is 8.35. The Morgan fingerprint density at radius 3 is 2.93 bits per heavy atom. The van der Waals surface area contributed by atoms with Crippen LogP contribution < -0.4 is 0 Å². The van der Waals surface area contributed by atoms with Crippen LogP contribution in [0.4, 0.5) is 0 Å². The van der Waals surface area contributed by atoms with Crippen LogP contribution in [0.25, 0.3) is 0 Å². The summed E-state index contributed by atoms with van der Waals surface area (Å²) in [6.45, 7) is 2.60. The molecule has 3 nitrogen and oxygen atoms in total. The van der Waals surface area contributed by atoms with Crippen LogP contribution in [-0.2, 0) is 4.74 Å². The SMILES string of the molecule is CCOC(C1CC1)C(O)c1ccoc1. The number of furan rings is 1. The summed E-state index contributed by atoms with van der Waals surface area (Å²) in [5.74, 6) is 0.528. The van der Waals surface area contributed by atoms with Crippen LogP contribution in [0.1, 0.15) is 31.4 Å². The first-order chi connectivity index (χ1) is 6.83. The fourth-order valence-corrected chi connectivity index (χ4v) is 1.74. The molecule has 2 rings (SSSR count). The van der Waals surface area contributed by atoms with Crippen molar-refractivity contribution < 1.29 is 14.3 Å². The van der Waals surface area contributed by atoms with E-state index in [-0.39, 0.29) is 6.10 Å². The molecule has 0 aliphatic heterocycles. The summed E-state index contributed by atoms with van der Waals surface area (Å²) in [6.07, 6.45) is 4.89. The van der Waals surface area contributed by atoms with Gasteiger partial charge in [-0.25, -0.2) is 0 Å². The molecule has 14 heavy (non-hydrogen) atoms. The van der Waals surface area contributed by atoms with Crippen molar-refractivity contribution in [2.75, 3.05) is 6.61 Å². The molecule has 1 saturated carbocycles. The van der Waals surface area contributed by atoms with Gasteiger partial charge in [0.1, 0.15) is 6.10 Å². The van der Waals surface area contributed by atoms with E-state index in [1.807, 2.05) is 6.92 Å². The fourth-order valence-electron chi connectivity index (χ4n) is 1.74. The summed E-state index contributed by atoms with van der Waals surface area (Å²) >= 11 is 0. The maximum Gasteiger partial charge on any atom is 0.108 e. The number of rotatable bonds is 5. The molecule has 0 bridgehead atoms. The predicted molar refractivity (Wildman–Crippen MR) is 51.8 cm³/mol. The fraction of sp³-hybridized carbons (Fsp3) is 0.636. The molecule has 1 aliphatic carbocycles. The first-order valence-corrected chi connectivity index (χ1v) is 5.14. The van der Waals surface area contributed by atoms with E-state index in [1.165, 1.54) is 12.8 Å². The van der Waals surface area contributed by atoms with Gasteiger partial charge in [-0.3, -0.25) is 0 Å². The van der Waals surface area contributed by atoms with Crippen molar-refractivity contribution in [2.24, 2.45) is 5.92 Å². The second-order valence-corrected chi connectivity index (χ2v) is 3.76. The Bertz CT molecular complexity index is 264. The highest BCUT2D eigenvalue weighted by molar-refractivity contribution is 5.12. The van der Waals surface area contributed by atoms with Crippen molar-refractivity contribution in [3.05, 3.63) is 24.2 Å². The maximum absolute atomic E-state index is 10.0. The van der Waals surface area contributed by atoms with Crippen molar-refractivity contribution in [1.82, 2.24) is 0 Å². The summed E-state index contributed by atoms with van der Waals surface area (Å²) in [4.78, 5) is 0. The zero-order chi connectivity index (χ0) is 9.97. The van der Waals surface area contributed by atoms with Crippen LogP contribution in [0, 0.1) is 5.92 Å². The zero-order valence-corrected chi connectivity index (χ0v) is 8.35. The van der Waals surface area contributed by atoms with Gasteiger partial charge in [-0.1, -0.05) is 0 Å². The lowest BCUT2D eigenvalue weighted by atomic mass is 10.0. The molecular weight excluding hydrogens is 180 g/mol. The van der Waals surface area contributed by atoms with Crippen LogP contribution in [0.5, 0.6) is 0 Å². The molecule has 3 heteroatoms. The average Bonchev–Trinajstić information content (AvgIpc) is 2.88. The molecule has 1 fully saturated rings. The first kappa shape index (κ1) is 9.74. The highest BCUT2D eigenvalue weighted by atomic mass is 16.5. The lowest BCUT2D eigenvalue weighted by molar-refractivity contribution is -0.0463. The summed E-state index contributed by atoms with van der Waals surface area (Å²) < 4.78 is 10.5. The van der Waals surface area contributed by atoms with Crippen LogP contribution >= 0.6 is 0 Å². The van der Waals surface area contributed by atoms with Crippen LogP contribution in [-0.4, -0.2) is 17.8 Å². The number of ether oxygens (including phenoxy) is 1. The molecular formula is C11H16O3. The van der Waals surface area contributed by atoms with Crippen molar-refractivity contribution in [3.63, 3.8) is 0 Å². The molecule has 2 atom stereocenters. The van der Waals surface area contributed by atoms with E-state index >= 15 is 0 Å². The molecule has 2 unspecified atom stereocenters. The van der Waals surface area contributed by atoms with Gasteiger partial charge in [0.25, 0.3) is 0 Å². The molecule has 1 heterocycles. The van der Waals surface area contributed by atoms with Crippen LogP contribution in [0.15, 0.2) is 23.0 Å². The van der Waals surface area contributed by atoms with E-state index in [2.05, 4.69) is 0 Å². The third kappa shape index (κ3) is 1.99. The molecule has 1 aromatic heterocycles. The van der Waals surface area contributed by atoms with E-state index in [1.54, 1.807) is 18.6 Å². The largest absolute Gasteiger partial charge is 0.472 e. The number of aliphatic hydroxyl groups excluding tert-OH is 1. The molecule has 0 amide bonds. The minimum absolute atomic E-state index is 0.0578. The van der Waals surface area contributed by atoms with Gasteiger partial charge < -0.3 is 14.3 Å². The van der Waals surface area contributed by atoms with Crippen LogP contribution in [0.2, 0.25) is 0 Å². The van der Waals surface area contributed by atoms with E-state index < -0.39 is 6.10 Å². The Hall–Kier alpha value is -0.800. The Balaban J connectivity index is 2.02. The van der Waals surface area contributed by atoms with Gasteiger partial charge >= 0.3 is 0 Å². The highest BCUT2D eigenvalue weighted by Crippen LogP contribution is 2.40. The second kappa shape index (κ2) is 4.15. The number of hydrogen-bond acceptors (Lipinski definition) is 3. The average molecular weight is 196 g/mol. The van der Waals surface area contributed by atoms with Gasteiger partial charge in [0, 0.05) is 12.2 Å². The van der Waals surface area contributed by atoms with Gasteiger partial charge in [0.15, 0.2) is 0 Å². The quantitative estimate of drug-likeness (QED) is 0.784. The molecule has 0 spiro atoms. The number of hydrogen-bond donors (Lipinski definition) is 1. The van der Waals surface area contributed by atoms with E-state index in [0.717, 1.165) is 5.56 Å². The monoisotopic (exact) mass is 196 g/mol. The third-order valence-electron chi connectivity index (χ3n) is 2.64. The van der Waals surface area contributed by atoms with E-state index in [4.69, 9.17) is 9.15 Å². The molecule has 0 radical (unpaired) electrons. The Morgan fingerprint density at radius 2 is 2.43 bits per heavy atom. The molecule has 0 saturated heterocycles. The van der Waals surface area contributed by atoms with Crippen LogP contribution in [0.3, 0.4) is 0 Å². The summed E-state index contributed by atoms with van der Waals surface area (Å²) in [7, 11) is 0. The van der Waals surface area contributed by atoms with Crippen molar-refractivity contribution in [3.8, 4) is 0 Å². The molecule has 1 N–H and O–H groups in total. The van der Waals surface area contributed by atoms with Gasteiger partial charge in [-0.15, -0.1) is 0 Å². The smallest absolute Gasteiger partial charge is 0.108 e. The second-order valence-electron chi connectivity index (χ2n) is 3.76. The topological polar surface area (TPSA) is 42.6 Å². The van der Waals surface area contributed by atoms with Crippen molar-refractivity contribution in [2.45, 2.75) is 32.0 Å². The lowest BCUT2D eigenvalue weighted by Gasteiger charge is -2.21. The van der Waals surface area contributed by atoms with Gasteiger partial charge in [0.05, 0.1) is 18.6 Å². The molecule has 78 valence electrons. The molecule has 1 aliphatic rings. The Morgan fingerprint density at radius 1 is 1.64 bits per heavy atom. The first-order valence-electron chi connectivity index (χ1n) is 5.14. The van der Waals surface area contributed by atoms with Crippen molar-refractivity contribution in [1.29, 1.82) is 0 Å². The summed E-state index contributed by atoms with van der Waals surface area (Å²) in [6, 6.07) is 1.79. The lowest BCUT2D eigenvalue weighted by Crippen LogP contribution is -2.24. The Labute approximate surface area is 83.7 Å². The van der Waals surface area contributed by atoms with Crippen molar-refractivity contribution >= 4 is 0 Å². The van der Waals surface area contributed by atoms with Gasteiger partial charge in [0.2, 0.25) is 0 Å². The Kier molecular flexibility index (Phi) is 2.89. The minimum atomic E-state index is -0.541. The summed E-state index contributed by atoms with van der Waals surface area (Å²) in [5, 5.41) is 10.0. The maximum atomic E-state index is 10.0. The number of aliphatic hydroxyl groups is 1. The third-order valence-corrected chi connectivity index (χ3v) is 2.64. The van der Waals surface area contributed by atoms with Gasteiger partial charge in [-0.2, -0.15) is 0 Å². The van der Waals surface area contributed by atoms with E-state index in [9.17, 15) is 5.11 Å². The molecule has 0 aromatic carbocycles. The normalized spacial score (nSPS) is 20.7. The standard InChI is InChI=1S/C11H16O3/c1-2-14-11(8-3-4-8)10(12)9-5-6-13-7-9/h5-8,10-12H,2-4H2,1H3.